The van der Waals surface area contributed by atoms with Crippen molar-refractivity contribution in [2.45, 2.75) is 58.3 Å². The van der Waals surface area contributed by atoms with Crippen molar-refractivity contribution in [3.8, 4) is 0 Å². The van der Waals surface area contributed by atoms with Crippen LogP contribution in [0.1, 0.15) is 46.0 Å². The third-order valence-electron chi connectivity index (χ3n) is 6.71. The summed E-state index contributed by atoms with van der Waals surface area (Å²) in [7, 11) is 0. The molecule has 3 saturated carbocycles. The van der Waals surface area contributed by atoms with Crippen LogP contribution in [0.15, 0.2) is 0 Å². The fourth-order valence-electron chi connectivity index (χ4n) is 5.57. The second-order valence-corrected chi connectivity index (χ2v) is 9.65. The Kier molecular flexibility index (Phi) is 5.01. The van der Waals surface area contributed by atoms with Gasteiger partial charge in [0.1, 0.15) is 0 Å². The molecule has 0 N–H and O–H groups in total. The average molecular weight is 354 g/mol. The number of thioether (sulfide) groups is 1. The monoisotopic (exact) mass is 353 g/mol. The van der Waals surface area contributed by atoms with E-state index in [4.69, 9.17) is 9.47 Å². The fraction of sp³-hybridized carbons (Fsp3) is 0.947. The molecule has 4 nitrogen and oxygen atoms in total. The molecule has 136 valence electrons. The molecule has 0 aromatic rings. The maximum atomic E-state index is 12.4. The van der Waals surface area contributed by atoms with Gasteiger partial charge in [-0.3, -0.25) is 0 Å². The molecule has 6 atom stereocenters. The van der Waals surface area contributed by atoms with E-state index in [0.29, 0.717) is 12.0 Å². The van der Waals surface area contributed by atoms with Crippen molar-refractivity contribution in [2.24, 2.45) is 29.6 Å². The fourth-order valence-corrected chi connectivity index (χ4v) is 6.48. The van der Waals surface area contributed by atoms with Crippen LogP contribution in [0.4, 0.5) is 4.79 Å². The van der Waals surface area contributed by atoms with E-state index in [9.17, 15) is 4.79 Å². The molecule has 1 heterocycles. The van der Waals surface area contributed by atoms with Crippen molar-refractivity contribution in [1.82, 2.24) is 4.90 Å². The molecule has 24 heavy (non-hydrogen) atoms. The highest BCUT2D eigenvalue weighted by Gasteiger charge is 2.54. The predicted molar refractivity (Wildman–Crippen MR) is 95.9 cm³/mol. The Labute approximate surface area is 150 Å². The largest absolute Gasteiger partial charge is 0.419 e. The number of fused-ring (bicyclic) bond motifs is 5. The van der Waals surface area contributed by atoms with E-state index in [0.717, 1.165) is 42.3 Å². The molecule has 0 spiro atoms. The highest BCUT2D eigenvalue weighted by atomic mass is 32.2. The maximum absolute atomic E-state index is 12.4. The molecule has 6 unspecified atom stereocenters. The van der Waals surface area contributed by atoms with Crippen molar-refractivity contribution < 1.29 is 14.3 Å². The van der Waals surface area contributed by atoms with Crippen LogP contribution in [0, 0.1) is 29.6 Å². The van der Waals surface area contributed by atoms with E-state index in [1.165, 1.54) is 32.1 Å². The van der Waals surface area contributed by atoms with Gasteiger partial charge in [-0.25, -0.2) is 4.79 Å². The van der Waals surface area contributed by atoms with E-state index in [-0.39, 0.29) is 12.0 Å². The minimum absolute atomic E-state index is 0.184. The molecule has 4 aliphatic rings. The molecule has 5 heteroatoms. The van der Waals surface area contributed by atoms with E-state index in [2.05, 4.69) is 13.8 Å². The number of ether oxygens (including phenoxy) is 2. The van der Waals surface area contributed by atoms with Crippen molar-refractivity contribution in [3.63, 3.8) is 0 Å². The Bertz CT molecular complexity index is 466. The summed E-state index contributed by atoms with van der Waals surface area (Å²) in [6.07, 6.45) is 6.51. The highest BCUT2D eigenvalue weighted by Crippen LogP contribution is 2.59. The summed E-state index contributed by atoms with van der Waals surface area (Å²) in [4.78, 5) is 14.3. The van der Waals surface area contributed by atoms with Gasteiger partial charge in [-0.15, -0.1) is 0 Å². The van der Waals surface area contributed by atoms with E-state index in [1.807, 2.05) is 16.7 Å². The lowest BCUT2D eigenvalue weighted by molar-refractivity contribution is -0.181. The van der Waals surface area contributed by atoms with Gasteiger partial charge in [-0.2, -0.15) is 11.8 Å². The summed E-state index contributed by atoms with van der Waals surface area (Å²) in [5, 5.41) is 0. The molecule has 2 bridgehead atoms. The lowest BCUT2D eigenvalue weighted by Gasteiger charge is -2.35. The van der Waals surface area contributed by atoms with Gasteiger partial charge in [0.2, 0.25) is 6.29 Å². The molecule has 4 fully saturated rings. The van der Waals surface area contributed by atoms with Crippen LogP contribution in [-0.2, 0) is 9.47 Å². The number of amides is 1. The summed E-state index contributed by atoms with van der Waals surface area (Å²) in [5.41, 5.74) is 0. The van der Waals surface area contributed by atoms with Gasteiger partial charge in [-0.1, -0.05) is 20.3 Å². The Morgan fingerprint density at radius 2 is 1.83 bits per heavy atom. The van der Waals surface area contributed by atoms with Gasteiger partial charge in [0.05, 0.1) is 6.10 Å². The number of nitrogens with zero attached hydrogens (tertiary/aromatic N) is 1. The summed E-state index contributed by atoms with van der Waals surface area (Å²) < 4.78 is 12.2. The Balaban J connectivity index is 1.35. The van der Waals surface area contributed by atoms with Crippen LogP contribution in [0.3, 0.4) is 0 Å². The number of carbonyl (C=O) groups is 1. The lowest BCUT2D eigenvalue weighted by Crippen LogP contribution is -2.43. The number of carbonyl (C=O) groups excluding carboxylic acids is 1. The minimum atomic E-state index is -0.392. The molecular formula is C19H31NO3S. The van der Waals surface area contributed by atoms with Crippen LogP contribution in [-0.4, -0.2) is 48.0 Å². The number of hydrogen-bond donors (Lipinski definition) is 0. The Morgan fingerprint density at radius 1 is 1.08 bits per heavy atom. The van der Waals surface area contributed by atoms with Crippen molar-refractivity contribution in [2.75, 3.05) is 24.6 Å². The molecule has 1 saturated heterocycles. The lowest BCUT2D eigenvalue weighted by atomic mass is 9.80. The molecule has 0 aromatic carbocycles. The average Bonchev–Trinajstić information content (AvgIpc) is 3.27. The quantitative estimate of drug-likeness (QED) is 0.716. The third-order valence-corrected chi connectivity index (χ3v) is 7.65. The Morgan fingerprint density at radius 3 is 2.58 bits per heavy atom. The topological polar surface area (TPSA) is 38.8 Å². The zero-order valence-electron chi connectivity index (χ0n) is 15.0. The Hall–Kier alpha value is -0.420. The molecule has 1 amide bonds. The van der Waals surface area contributed by atoms with Crippen molar-refractivity contribution in [1.29, 1.82) is 0 Å². The second-order valence-electron chi connectivity index (χ2n) is 8.42. The van der Waals surface area contributed by atoms with Gasteiger partial charge < -0.3 is 14.4 Å². The molecule has 3 aliphatic carbocycles. The van der Waals surface area contributed by atoms with Crippen LogP contribution in [0.5, 0.6) is 0 Å². The third kappa shape index (κ3) is 3.18. The van der Waals surface area contributed by atoms with Gasteiger partial charge in [0, 0.05) is 30.5 Å². The van der Waals surface area contributed by atoms with Gasteiger partial charge in [-0.05, 0) is 49.4 Å². The molecule has 0 radical (unpaired) electrons. The first-order valence-electron chi connectivity index (χ1n) is 9.82. The first-order chi connectivity index (χ1) is 11.6. The zero-order valence-corrected chi connectivity index (χ0v) is 15.8. The summed E-state index contributed by atoms with van der Waals surface area (Å²) >= 11 is 1.90. The standard InChI is InChI=1S/C19H31NO3S/c1-12(2)18(23-19(21)20-6-8-24-9-7-20)22-17-11-13-10-16(17)15-5-3-4-14(13)15/h12-18H,3-11H2,1-2H3. The smallest absolute Gasteiger partial charge is 0.412 e. The van der Waals surface area contributed by atoms with Crippen molar-refractivity contribution in [3.05, 3.63) is 0 Å². The van der Waals surface area contributed by atoms with Crippen LogP contribution in [0.2, 0.25) is 0 Å². The van der Waals surface area contributed by atoms with Crippen LogP contribution in [0.25, 0.3) is 0 Å². The number of hydrogen-bond acceptors (Lipinski definition) is 4. The van der Waals surface area contributed by atoms with E-state index in [1.54, 1.807) is 0 Å². The zero-order chi connectivity index (χ0) is 16.7. The van der Waals surface area contributed by atoms with E-state index < -0.39 is 6.29 Å². The minimum Gasteiger partial charge on any atom is -0.419 e. The molecule has 0 aromatic heterocycles. The second kappa shape index (κ2) is 7.06. The normalized spacial score (nSPS) is 39.3. The molecule has 4 rings (SSSR count). The first kappa shape index (κ1) is 17.0. The van der Waals surface area contributed by atoms with Gasteiger partial charge in [0.25, 0.3) is 0 Å². The van der Waals surface area contributed by atoms with Crippen molar-refractivity contribution >= 4 is 17.9 Å². The molecular weight excluding hydrogens is 322 g/mol. The van der Waals surface area contributed by atoms with Gasteiger partial charge in [0.15, 0.2) is 0 Å². The van der Waals surface area contributed by atoms with Gasteiger partial charge >= 0.3 is 6.09 Å². The summed E-state index contributed by atoms with van der Waals surface area (Å²) in [6.45, 7) is 5.78. The number of rotatable bonds is 4. The summed E-state index contributed by atoms with van der Waals surface area (Å²) in [6, 6.07) is 0. The van der Waals surface area contributed by atoms with Crippen LogP contribution < -0.4 is 0 Å². The predicted octanol–water partition coefficient (Wildman–Crippen LogP) is 4.00. The van der Waals surface area contributed by atoms with E-state index >= 15 is 0 Å². The first-order valence-corrected chi connectivity index (χ1v) is 11.0. The maximum Gasteiger partial charge on any atom is 0.412 e. The van der Waals surface area contributed by atoms with Crippen LogP contribution >= 0.6 is 11.8 Å². The highest BCUT2D eigenvalue weighted by molar-refractivity contribution is 7.99. The SMILES string of the molecule is CC(C)C(OC(=O)N1CCSCC1)OC1CC2CC1C1CCCC21. The summed E-state index contributed by atoms with van der Waals surface area (Å²) in [5.74, 6) is 5.67. The molecule has 1 aliphatic heterocycles.